The Labute approximate surface area is 182 Å². The van der Waals surface area contributed by atoms with E-state index in [1.807, 2.05) is 6.20 Å². The van der Waals surface area contributed by atoms with E-state index in [0.29, 0.717) is 6.04 Å². The Morgan fingerprint density at radius 3 is 2.40 bits per heavy atom. The lowest BCUT2D eigenvalue weighted by molar-refractivity contribution is 0.175. The molecule has 1 aromatic carbocycles. The largest absolute Gasteiger partial charge is 0.352 e. The lowest BCUT2D eigenvalue weighted by Gasteiger charge is -2.40. The zero-order valence-electron chi connectivity index (χ0n) is 17.4. The highest BCUT2D eigenvalue weighted by Crippen LogP contribution is 2.31. The molecule has 1 aliphatic heterocycles. The van der Waals surface area contributed by atoms with E-state index in [4.69, 9.17) is 0 Å². The summed E-state index contributed by atoms with van der Waals surface area (Å²) in [7, 11) is 0. The molecule has 1 N–H and O–H groups in total. The zero-order chi connectivity index (χ0) is 20.2. The Morgan fingerprint density at radius 2 is 1.77 bits per heavy atom. The normalized spacial score (nSPS) is 15.6. The molecule has 0 spiro atoms. The summed E-state index contributed by atoms with van der Waals surface area (Å²) in [6, 6.07) is 6.85. The van der Waals surface area contributed by atoms with Crippen molar-refractivity contribution in [3.8, 4) is 11.3 Å². The van der Waals surface area contributed by atoms with Crippen LogP contribution in [0.5, 0.6) is 0 Å². The summed E-state index contributed by atoms with van der Waals surface area (Å²) in [5.74, 6) is 0.620. The SMILES string of the molecule is CCCC(c1cn[nH]c1C)N1CCN(c2nccnc2-c2ccc(F)cc2)CC1.Cl. The van der Waals surface area contributed by atoms with E-state index in [9.17, 15) is 4.39 Å². The Balaban J connectivity index is 0.00000256. The molecule has 160 valence electrons. The molecule has 0 amide bonds. The van der Waals surface area contributed by atoms with Gasteiger partial charge in [0.25, 0.3) is 0 Å². The minimum absolute atomic E-state index is 0. The Hall–Kier alpha value is -2.51. The van der Waals surface area contributed by atoms with Crippen LogP contribution in [-0.2, 0) is 0 Å². The topological polar surface area (TPSA) is 60.9 Å². The second kappa shape index (κ2) is 10.00. The highest BCUT2D eigenvalue weighted by atomic mass is 35.5. The third-order valence-electron chi connectivity index (χ3n) is 5.64. The first-order chi connectivity index (χ1) is 14.2. The quantitative estimate of drug-likeness (QED) is 0.628. The highest BCUT2D eigenvalue weighted by Gasteiger charge is 2.28. The molecule has 0 radical (unpaired) electrons. The summed E-state index contributed by atoms with van der Waals surface area (Å²) in [6.07, 6.45) is 7.64. The fraction of sp³-hybridized carbons (Fsp3) is 0.409. The molecule has 1 atom stereocenters. The van der Waals surface area contributed by atoms with Crippen LogP contribution in [0.25, 0.3) is 11.3 Å². The van der Waals surface area contributed by atoms with Crippen molar-refractivity contribution >= 4 is 18.2 Å². The van der Waals surface area contributed by atoms with Gasteiger partial charge < -0.3 is 4.90 Å². The number of halogens is 2. The van der Waals surface area contributed by atoms with E-state index in [1.54, 1.807) is 24.5 Å². The first-order valence-corrected chi connectivity index (χ1v) is 10.2. The minimum Gasteiger partial charge on any atom is -0.352 e. The van der Waals surface area contributed by atoms with Gasteiger partial charge in [-0.15, -0.1) is 12.4 Å². The van der Waals surface area contributed by atoms with Crippen LogP contribution in [0.1, 0.15) is 37.1 Å². The number of aromatic nitrogens is 4. The van der Waals surface area contributed by atoms with Crippen molar-refractivity contribution in [2.24, 2.45) is 0 Å². The third-order valence-corrected chi connectivity index (χ3v) is 5.64. The second-order valence-corrected chi connectivity index (χ2v) is 7.51. The predicted molar refractivity (Wildman–Crippen MR) is 119 cm³/mol. The number of nitrogens with one attached hydrogen (secondary N) is 1. The molecule has 0 saturated carbocycles. The lowest BCUT2D eigenvalue weighted by Crippen LogP contribution is -2.48. The second-order valence-electron chi connectivity index (χ2n) is 7.51. The Bertz CT molecular complexity index is 937. The smallest absolute Gasteiger partial charge is 0.155 e. The molecule has 6 nitrogen and oxygen atoms in total. The maximum absolute atomic E-state index is 13.3. The van der Waals surface area contributed by atoms with Gasteiger partial charge in [-0.1, -0.05) is 13.3 Å². The average Bonchev–Trinajstić information content (AvgIpc) is 3.18. The van der Waals surface area contributed by atoms with E-state index in [1.165, 1.54) is 17.7 Å². The van der Waals surface area contributed by atoms with E-state index in [0.717, 1.165) is 61.8 Å². The van der Waals surface area contributed by atoms with Crippen molar-refractivity contribution in [3.63, 3.8) is 0 Å². The van der Waals surface area contributed by atoms with Gasteiger partial charge in [0.2, 0.25) is 0 Å². The summed E-state index contributed by atoms with van der Waals surface area (Å²) in [4.78, 5) is 14.0. The van der Waals surface area contributed by atoms with Crippen LogP contribution >= 0.6 is 12.4 Å². The molecule has 1 fully saturated rings. The number of aryl methyl sites for hydroxylation is 1. The molecular weight excluding hydrogens is 403 g/mol. The number of piperazine rings is 1. The standard InChI is InChI=1S/C22H27FN6.ClH/c1-3-4-20(19-15-26-27-16(19)2)28-11-13-29(14-12-28)22-21(24-9-10-25-22)17-5-7-18(23)8-6-17;/h5-10,15,20H,3-4,11-14H2,1-2H3,(H,26,27);1H. The highest BCUT2D eigenvalue weighted by molar-refractivity contribution is 5.85. The van der Waals surface area contributed by atoms with Crippen molar-refractivity contribution in [1.82, 2.24) is 25.1 Å². The fourth-order valence-electron chi connectivity index (χ4n) is 4.12. The van der Waals surface area contributed by atoms with Crippen molar-refractivity contribution in [3.05, 3.63) is 59.9 Å². The van der Waals surface area contributed by atoms with Gasteiger partial charge in [0.15, 0.2) is 5.82 Å². The molecule has 2 aromatic heterocycles. The van der Waals surface area contributed by atoms with Crippen LogP contribution in [0.2, 0.25) is 0 Å². The molecular formula is C22H28ClFN6. The molecule has 0 bridgehead atoms. The molecule has 3 heterocycles. The van der Waals surface area contributed by atoms with Crippen molar-refractivity contribution in [2.45, 2.75) is 32.7 Å². The van der Waals surface area contributed by atoms with E-state index in [-0.39, 0.29) is 18.2 Å². The molecule has 1 aliphatic rings. The summed E-state index contributed by atoms with van der Waals surface area (Å²) in [5, 5.41) is 7.31. The maximum Gasteiger partial charge on any atom is 0.155 e. The molecule has 1 saturated heterocycles. The molecule has 4 rings (SSSR count). The maximum atomic E-state index is 13.3. The van der Waals surface area contributed by atoms with Crippen LogP contribution in [-0.4, -0.2) is 51.2 Å². The first-order valence-electron chi connectivity index (χ1n) is 10.2. The first kappa shape index (κ1) is 22.2. The summed E-state index contributed by atoms with van der Waals surface area (Å²) in [6.45, 7) is 7.99. The number of benzene rings is 1. The molecule has 1 unspecified atom stereocenters. The van der Waals surface area contributed by atoms with E-state index < -0.39 is 0 Å². The van der Waals surface area contributed by atoms with Crippen LogP contribution in [0.3, 0.4) is 0 Å². The van der Waals surface area contributed by atoms with Gasteiger partial charge in [0, 0.05) is 61.4 Å². The van der Waals surface area contributed by atoms with Gasteiger partial charge in [-0.25, -0.2) is 9.37 Å². The van der Waals surface area contributed by atoms with Crippen LogP contribution in [0, 0.1) is 12.7 Å². The van der Waals surface area contributed by atoms with E-state index >= 15 is 0 Å². The predicted octanol–water partition coefficient (Wildman–Crippen LogP) is 4.40. The van der Waals surface area contributed by atoms with Gasteiger partial charge in [0.1, 0.15) is 11.5 Å². The fourth-order valence-corrected chi connectivity index (χ4v) is 4.12. The number of nitrogens with zero attached hydrogens (tertiary/aromatic N) is 5. The number of H-pyrrole nitrogens is 1. The zero-order valence-corrected chi connectivity index (χ0v) is 18.2. The van der Waals surface area contributed by atoms with Crippen LogP contribution in [0.15, 0.2) is 42.9 Å². The third kappa shape index (κ3) is 4.63. The van der Waals surface area contributed by atoms with Gasteiger partial charge >= 0.3 is 0 Å². The van der Waals surface area contributed by atoms with Crippen molar-refractivity contribution in [1.29, 1.82) is 0 Å². The number of aromatic amines is 1. The van der Waals surface area contributed by atoms with Gasteiger partial charge in [-0.3, -0.25) is 15.0 Å². The summed E-state index contributed by atoms with van der Waals surface area (Å²) in [5.41, 5.74) is 4.14. The van der Waals surface area contributed by atoms with Gasteiger partial charge in [-0.05, 0) is 37.6 Å². The number of hydrogen-bond donors (Lipinski definition) is 1. The van der Waals surface area contributed by atoms with Crippen LogP contribution < -0.4 is 4.90 Å². The van der Waals surface area contributed by atoms with E-state index in [2.05, 4.69) is 43.8 Å². The number of anilines is 1. The summed E-state index contributed by atoms with van der Waals surface area (Å²) < 4.78 is 13.3. The Kier molecular flexibility index (Phi) is 7.39. The molecule has 3 aromatic rings. The lowest BCUT2D eigenvalue weighted by atomic mass is 10.0. The average molecular weight is 431 g/mol. The molecule has 8 heteroatoms. The summed E-state index contributed by atoms with van der Waals surface area (Å²) >= 11 is 0. The van der Waals surface area contributed by atoms with Crippen LogP contribution in [0.4, 0.5) is 10.2 Å². The monoisotopic (exact) mass is 430 g/mol. The Morgan fingerprint density at radius 1 is 1.07 bits per heavy atom. The molecule has 0 aliphatic carbocycles. The van der Waals surface area contributed by atoms with Gasteiger partial charge in [0.05, 0.1) is 6.20 Å². The number of hydrogen-bond acceptors (Lipinski definition) is 5. The van der Waals surface area contributed by atoms with Crippen molar-refractivity contribution in [2.75, 3.05) is 31.1 Å². The minimum atomic E-state index is -0.246. The molecule has 30 heavy (non-hydrogen) atoms. The van der Waals surface area contributed by atoms with Gasteiger partial charge in [-0.2, -0.15) is 5.10 Å². The number of rotatable bonds is 6. The van der Waals surface area contributed by atoms with Crippen molar-refractivity contribution < 1.29 is 4.39 Å².